The summed E-state index contributed by atoms with van der Waals surface area (Å²) >= 11 is 0. The van der Waals surface area contributed by atoms with Crippen molar-refractivity contribution in [2.24, 2.45) is 0 Å². The van der Waals surface area contributed by atoms with Crippen LogP contribution in [0.2, 0.25) is 0 Å². The van der Waals surface area contributed by atoms with E-state index in [1.807, 2.05) is 0 Å². The molecule has 0 radical (unpaired) electrons. The van der Waals surface area contributed by atoms with Crippen molar-refractivity contribution in [2.45, 2.75) is 45.1 Å². The second kappa shape index (κ2) is 5.30. The molecule has 2 rings (SSSR count). The molecule has 1 aliphatic rings. The maximum atomic E-state index is 12.8. The second-order valence-electron chi connectivity index (χ2n) is 4.84. The Labute approximate surface area is 114 Å². The van der Waals surface area contributed by atoms with Gasteiger partial charge in [0.25, 0.3) is 0 Å². The number of alkyl halides is 3. The molecule has 1 aromatic rings. The van der Waals surface area contributed by atoms with Crippen LogP contribution in [0.15, 0.2) is 18.7 Å². The van der Waals surface area contributed by atoms with Crippen molar-refractivity contribution in [3.8, 4) is 0 Å². The van der Waals surface area contributed by atoms with Crippen molar-refractivity contribution in [2.75, 3.05) is 0 Å². The number of aromatic nitrogens is 2. The smallest absolute Gasteiger partial charge is 0.321 e. The van der Waals surface area contributed by atoms with Gasteiger partial charge in [-0.2, -0.15) is 18.3 Å². The lowest BCUT2D eigenvalue weighted by atomic mass is 10.2. The molecule has 110 valence electrons. The number of rotatable bonds is 4. The van der Waals surface area contributed by atoms with Crippen LogP contribution in [-0.2, 0) is 24.3 Å². The number of amides is 1. The highest BCUT2D eigenvalue weighted by molar-refractivity contribution is 5.87. The molecule has 1 atom stereocenters. The van der Waals surface area contributed by atoms with Gasteiger partial charge in [0.2, 0.25) is 5.91 Å². The first-order chi connectivity index (χ1) is 9.32. The molecule has 1 amide bonds. The highest BCUT2D eigenvalue weighted by Gasteiger charge is 2.41. The average molecular weight is 287 g/mol. The Bertz CT molecular complexity index is 500. The minimum atomic E-state index is -4.47. The molecule has 0 aliphatic carbocycles. The maximum Gasteiger partial charge on any atom is 0.408 e. The molecule has 0 unspecified atom stereocenters. The van der Waals surface area contributed by atoms with Gasteiger partial charge in [0.1, 0.15) is 6.04 Å². The summed E-state index contributed by atoms with van der Waals surface area (Å²) in [6.07, 6.45) is -1.71. The number of hydrogen-bond acceptors (Lipinski definition) is 2. The Kier molecular flexibility index (Phi) is 3.87. The Morgan fingerprint density at radius 2 is 2.35 bits per heavy atom. The molecule has 0 saturated heterocycles. The van der Waals surface area contributed by atoms with Crippen LogP contribution in [0.3, 0.4) is 0 Å². The fourth-order valence-electron chi connectivity index (χ4n) is 2.27. The first kappa shape index (κ1) is 14.6. The number of fused-ring (bicyclic) bond motifs is 1. The topological polar surface area (TPSA) is 38.1 Å². The van der Waals surface area contributed by atoms with Gasteiger partial charge in [-0.15, -0.1) is 0 Å². The van der Waals surface area contributed by atoms with Crippen LogP contribution in [0.1, 0.15) is 24.7 Å². The molecule has 7 heteroatoms. The van der Waals surface area contributed by atoms with Gasteiger partial charge in [0.15, 0.2) is 0 Å². The van der Waals surface area contributed by atoms with Crippen LogP contribution in [-0.4, -0.2) is 32.8 Å². The molecule has 0 aromatic carbocycles. The van der Waals surface area contributed by atoms with Gasteiger partial charge < -0.3 is 4.90 Å². The van der Waals surface area contributed by atoms with Crippen molar-refractivity contribution in [1.82, 2.24) is 14.7 Å². The Balaban J connectivity index is 2.19. The summed E-state index contributed by atoms with van der Waals surface area (Å²) in [4.78, 5) is 12.4. The molecule has 1 aliphatic heterocycles. The lowest BCUT2D eigenvalue weighted by Crippen LogP contribution is -2.45. The molecular weight excluding hydrogens is 271 g/mol. The maximum absolute atomic E-state index is 12.8. The van der Waals surface area contributed by atoms with Crippen molar-refractivity contribution < 1.29 is 18.0 Å². The predicted octanol–water partition coefficient (Wildman–Crippen LogP) is 2.29. The highest BCUT2D eigenvalue weighted by atomic mass is 19.4. The normalized spacial score (nSPS) is 15.8. The number of carbonyl (C=O) groups excluding carboxylic acids is 1. The van der Waals surface area contributed by atoms with E-state index in [4.69, 9.17) is 0 Å². The SMILES string of the molecule is C=CC(=O)N(Cc1cc2n(n1)CCC2)[C@H](C)C(F)(F)F. The summed E-state index contributed by atoms with van der Waals surface area (Å²) in [5.41, 5.74) is 1.48. The van der Waals surface area contributed by atoms with Crippen LogP contribution >= 0.6 is 0 Å². The zero-order chi connectivity index (χ0) is 14.9. The molecule has 20 heavy (non-hydrogen) atoms. The largest absolute Gasteiger partial charge is 0.408 e. The number of carbonyl (C=O) groups is 1. The summed E-state index contributed by atoms with van der Waals surface area (Å²) < 4.78 is 40.2. The molecule has 0 saturated carbocycles. The van der Waals surface area contributed by atoms with Gasteiger partial charge in [-0.25, -0.2) is 0 Å². The van der Waals surface area contributed by atoms with Gasteiger partial charge in [-0.3, -0.25) is 9.48 Å². The fraction of sp³-hybridized carbons (Fsp3) is 0.538. The van der Waals surface area contributed by atoms with Crippen LogP contribution < -0.4 is 0 Å². The molecule has 1 aromatic heterocycles. The van der Waals surface area contributed by atoms with E-state index in [2.05, 4.69) is 11.7 Å². The van der Waals surface area contributed by atoms with E-state index in [9.17, 15) is 18.0 Å². The van der Waals surface area contributed by atoms with Crippen LogP contribution in [0, 0.1) is 0 Å². The number of halogens is 3. The zero-order valence-corrected chi connectivity index (χ0v) is 11.2. The Morgan fingerprint density at radius 3 is 2.90 bits per heavy atom. The number of hydrogen-bond donors (Lipinski definition) is 0. The lowest BCUT2D eigenvalue weighted by Gasteiger charge is -2.29. The van der Waals surface area contributed by atoms with E-state index < -0.39 is 18.1 Å². The van der Waals surface area contributed by atoms with E-state index in [1.165, 1.54) is 0 Å². The van der Waals surface area contributed by atoms with Crippen LogP contribution in [0.4, 0.5) is 13.2 Å². The van der Waals surface area contributed by atoms with Gasteiger partial charge in [-0.1, -0.05) is 6.58 Å². The molecule has 0 spiro atoms. The molecule has 0 N–H and O–H groups in total. The first-order valence-electron chi connectivity index (χ1n) is 6.38. The van der Waals surface area contributed by atoms with Gasteiger partial charge in [-0.05, 0) is 31.9 Å². The van der Waals surface area contributed by atoms with Gasteiger partial charge >= 0.3 is 6.18 Å². The predicted molar refractivity (Wildman–Crippen MR) is 66.8 cm³/mol. The van der Waals surface area contributed by atoms with Gasteiger partial charge in [0.05, 0.1) is 12.2 Å². The van der Waals surface area contributed by atoms with Gasteiger partial charge in [0, 0.05) is 12.2 Å². The summed E-state index contributed by atoms with van der Waals surface area (Å²) in [6, 6.07) is -0.107. The monoisotopic (exact) mass is 287 g/mol. The standard InChI is InChI=1S/C13H16F3N3O/c1-3-12(20)18(9(2)13(14,15)16)8-10-7-11-5-4-6-19(11)17-10/h3,7,9H,1,4-6,8H2,2H3/t9-/m1/s1. The van der Waals surface area contributed by atoms with E-state index in [0.29, 0.717) is 5.69 Å². The minimum Gasteiger partial charge on any atom is -0.321 e. The van der Waals surface area contributed by atoms with Crippen LogP contribution in [0.5, 0.6) is 0 Å². The molecule has 2 heterocycles. The Hall–Kier alpha value is -1.79. The third kappa shape index (κ3) is 2.86. The van der Waals surface area contributed by atoms with Crippen molar-refractivity contribution >= 4 is 5.91 Å². The average Bonchev–Trinajstić information content (AvgIpc) is 2.93. The van der Waals surface area contributed by atoms with Crippen molar-refractivity contribution in [3.63, 3.8) is 0 Å². The van der Waals surface area contributed by atoms with E-state index in [-0.39, 0.29) is 6.54 Å². The Morgan fingerprint density at radius 1 is 1.65 bits per heavy atom. The lowest BCUT2D eigenvalue weighted by molar-refractivity contribution is -0.185. The second-order valence-corrected chi connectivity index (χ2v) is 4.84. The van der Waals surface area contributed by atoms with E-state index in [0.717, 1.165) is 43.0 Å². The quantitative estimate of drug-likeness (QED) is 0.797. The van der Waals surface area contributed by atoms with Crippen LogP contribution in [0.25, 0.3) is 0 Å². The van der Waals surface area contributed by atoms with E-state index in [1.54, 1.807) is 10.7 Å². The highest BCUT2D eigenvalue weighted by Crippen LogP contribution is 2.26. The number of aryl methyl sites for hydroxylation is 2. The molecule has 0 fully saturated rings. The van der Waals surface area contributed by atoms with Crippen molar-refractivity contribution in [3.05, 3.63) is 30.1 Å². The van der Waals surface area contributed by atoms with E-state index >= 15 is 0 Å². The molecular formula is C13H16F3N3O. The molecule has 0 bridgehead atoms. The summed E-state index contributed by atoms with van der Waals surface area (Å²) in [7, 11) is 0. The molecule has 4 nitrogen and oxygen atoms in total. The fourth-order valence-corrected chi connectivity index (χ4v) is 2.27. The third-order valence-corrected chi connectivity index (χ3v) is 3.45. The van der Waals surface area contributed by atoms with Crippen molar-refractivity contribution in [1.29, 1.82) is 0 Å². The first-order valence-corrected chi connectivity index (χ1v) is 6.38. The summed E-state index contributed by atoms with van der Waals surface area (Å²) in [5, 5.41) is 4.23. The summed E-state index contributed by atoms with van der Waals surface area (Å²) in [5.74, 6) is -0.747. The zero-order valence-electron chi connectivity index (χ0n) is 11.2. The third-order valence-electron chi connectivity index (χ3n) is 3.45. The summed E-state index contributed by atoms with van der Waals surface area (Å²) in [6.45, 7) is 4.83. The number of nitrogens with zero attached hydrogens (tertiary/aromatic N) is 3. The minimum absolute atomic E-state index is 0.161.